The van der Waals surface area contributed by atoms with Gasteiger partial charge in [0.05, 0.1) is 18.9 Å². The minimum atomic E-state index is 0. The van der Waals surface area contributed by atoms with Gasteiger partial charge in [-0.05, 0) is 44.9 Å². The lowest BCUT2D eigenvalue weighted by molar-refractivity contribution is 0.0373. The van der Waals surface area contributed by atoms with Crippen molar-refractivity contribution in [3.63, 3.8) is 0 Å². The zero-order chi connectivity index (χ0) is 20.9. The number of aryl methyl sites for hydroxylation is 2. The van der Waals surface area contributed by atoms with Gasteiger partial charge in [-0.3, -0.25) is 9.58 Å². The summed E-state index contributed by atoms with van der Waals surface area (Å²) in [6, 6.07) is 8.57. The third-order valence-corrected chi connectivity index (χ3v) is 5.64. The number of nitrogens with zero attached hydrogens (tertiary/aromatic N) is 5. The van der Waals surface area contributed by atoms with E-state index in [1.54, 1.807) is 0 Å². The summed E-state index contributed by atoms with van der Waals surface area (Å²) in [5.74, 6) is 0.518. The van der Waals surface area contributed by atoms with Gasteiger partial charge >= 0.3 is 6.01 Å². The number of rotatable bonds is 8. The molecule has 0 aliphatic carbocycles. The Morgan fingerprint density at radius 3 is 2.48 bits per heavy atom. The topological polar surface area (TPSA) is 81.2 Å². The Bertz CT molecular complexity index is 980. The minimum absolute atomic E-state index is 0. The number of hydrogen-bond donors (Lipinski definition) is 1. The number of ether oxygens (including phenoxy) is 1. The maximum Gasteiger partial charge on any atom is 0.315 e. The molecule has 31 heavy (non-hydrogen) atoms. The number of benzene rings is 1. The molecule has 1 fully saturated rings. The SMILES string of the molecule is Cc1nn(C)c(C)c1-c1ccccc1-c1nnc(NCCCCN2CCOCC2)o1.Cl. The minimum Gasteiger partial charge on any atom is -0.403 e. The fourth-order valence-corrected chi connectivity index (χ4v) is 3.94. The number of aromatic nitrogens is 4. The summed E-state index contributed by atoms with van der Waals surface area (Å²) in [7, 11) is 1.96. The largest absolute Gasteiger partial charge is 0.403 e. The Labute approximate surface area is 189 Å². The summed E-state index contributed by atoms with van der Waals surface area (Å²) in [6.07, 6.45) is 2.19. The van der Waals surface area contributed by atoms with Crippen molar-refractivity contribution >= 4 is 18.4 Å². The summed E-state index contributed by atoms with van der Waals surface area (Å²) >= 11 is 0. The van der Waals surface area contributed by atoms with E-state index >= 15 is 0 Å². The van der Waals surface area contributed by atoms with Crippen LogP contribution in [0.25, 0.3) is 22.6 Å². The van der Waals surface area contributed by atoms with Crippen LogP contribution in [0.5, 0.6) is 0 Å². The third-order valence-electron chi connectivity index (χ3n) is 5.64. The molecule has 0 atom stereocenters. The summed E-state index contributed by atoms with van der Waals surface area (Å²) in [6.45, 7) is 9.79. The lowest BCUT2D eigenvalue weighted by atomic mass is 9.98. The number of nitrogens with one attached hydrogen (secondary N) is 1. The molecule has 0 amide bonds. The molecule has 168 valence electrons. The van der Waals surface area contributed by atoms with Gasteiger partial charge in [0.25, 0.3) is 0 Å². The van der Waals surface area contributed by atoms with Crippen LogP contribution in [0.4, 0.5) is 6.01 Å². The smallest absolute Gasteiger partial charge is 0.315 e. The van der Waals surface area contributed by atoms with E-state index in [9.17, 15) is 0 Å². The van der Waals surface area contributed by atoms with Crippen molar-refractivity contribution in [1.29, 1.82) is 0 Å². The lowest BCUT2D eigenvalue weighted by Gasteiger charge is -2.26. The lowest BCUT2D eigenvalue weighted by Crippen LogP contribution is -2.36. The second-order valence-electron chi connectivity index (χ2n) is 7.72. The van der Waals surface area contributed by atoms with E-state index in [-0.39, 0.29) is 12.4 Å². The number of morpholine rings is 1. The predicted octanol–water partition coefficient (Wildman–Crippen LogP) is 3.70. The van der Waals surface area contributed by atoms with Crippen LogP contribution in [0.15, 0.2) is 28.7 Å². The average molecular weight is 447 g/mol. The Morgan fingerprint density at radius 1 is 1.03 bits per heavy atom. The Morgan fingerprint density at radius 2 is 1.77 bits per heavy atom. The normalized spacial score (nSPS) is 14.4. The second-order valence-corrected chi connectivity index (χ2v) is 7.72. The Hall–Kier alpha value is -2.42. The molecule has 8 nitrogen and oxygen atoms in total. The van der Waals surface area contributed by atoms with Crippen LogP contribution in [-0.4, -0.2) is 64.3 Å². The van der Waals surface area contributed by atoms with Crippen LogP contribution in [0.1, 0.15) is 24.2 Å². The van der Waals surface area contributed by atoms with Gasteiger partial charge in [0.2, 0.25) is 5.89 Å². The first kappa shape index (κ1) is 23.2. The first-order chi connectivity index (χ1) is 14.6. The highest BCUT2D eigenvalue weighted by molar-refractivity contribution is 5.85. The van der Waals surface area contributed by atoms with E-state index in [4.69, 9.17) is 9.15 Å². The zero-order valence-electron chi connectivity index (χ0n) is 18.4. The van der Waals surface area contributed by atoms with Crippen molar-refractivity contribution in [1.82, 2.24) is 24.9 Å². The van der Waals surface area contributed by atoms with Crippen molar-refractivity contribution in [2.75, 3.05) is 44.7 Å². The molecule has 1 N–H and O–H groups in total. The van der Waals surface area contributed by atoms with Gasteiger partial charge in [0, 0.05) is 43.5 Å². The summed E-state index contributed by atoms with van der Waals surface area (Å²) in [4.78, 5) is 2.45. The molecule has 3 heterocycles. The van der Waals surface area contributed by atoms with E-state index in [1.807, 2.05) is 36.9 Å². The average Bonchev–Trinajstić information content (AvgIpc) is 3.32. The molecule has 0 unspecified atom stereocenters. The fraction of sp³-hybridized carbons (Fsp3) is 0.500. The monoisotopic (exact) mass is 446 g/mol. The molecular weight excluding hydrogens is 416 g/mol. The van der Waals surface area contributed by atoms with Crippen molar-refractivity contribution in [2.24, 2.45) is 7.05 Å². The van der Waals surface area contributed by atoms with Gasteiger partial charge < -0.3 is 14.5 Å². The maximum absolute atomic E-state index is 5.93. The molecule has 0 radical (unpaired) electrons. The van der Waals surface area contributed by atoms with Gasteiger partial charge in [-0.2, -0.15) is 5.10 Å². The molecule has 2 aromatic heterocycles. The van der Waals surface area contributed by atoms with Crippen LogP contribution in [0.2, 0.25) is 0 Å². The van der Waals surface area contributed by atoms with Crippen LogP contribution in [-0.2, 0) is 11.8 Å². The molecular formula is C22H31ClN6O2. The highest BCUT2D eigenvalue weighted by Gasteiger charge is 2.19. The zero-order valence-corrected chi connectivity index (χ0v) is 19.2. The molecule has 0 saturated carbocycles. The van der Waals surface area contributed by atoms with Crippen LogP contribution in [0.3, 0.4) is 0 Å². The van der Waals surface area contributed by atoms with E-state index in [0.717, 1.165) is 80.3 Å². The summed E-state index contributed by atoms with van der Waals surface area (Å²) in [5.41, 5.74) is 5.19. The van der Waals surface area contributed by atoms with Gasteiger partial charge in [-0.15, -0.1) is 17.5 Å². The van der Waals surface area contributed by atoms with Crippen molar-refractivity contribution in [3.05, 3.63) is 35.7 Å². The molecule has 0 bridgehead atoms. The van der Waals surface area contributed by atoms with E-state index < -0.39 is 0 Å². The molecule has 1 saturated heterocycles. The molecule has 1 aliphatic heterocycles. The molecule has 3 aromatic rings. The van der Waals surface area contributed by atoms with Crippen molar-refractivity contribution in [3.8, 4) is 22.6 Å². The molecule has 4 rings (SSSR count). The number of anilines is 1. The maximum atomic E-state index is 5.93. The van der Waals surface area contributed by atoms with Crippen LogP contribution in [0, 0.1) is 13.8 Å². The number of hydrogen-bond acceptors (Lipinski definition) is 7. The highest BCUT2D eigenvalue weighted by Crippen LogP contribution is 2.35. The Balaban J connectivity index is 0.00000272. The van der Waals surface area contributed by atoms with Gasteiger partial charge in [0.15, 0.2) is 0 Å². The first-order valence-corrected chi connectivity index (χ1v) is 10.6. The number of unbranched alkanes of at least 4 members (excludes halogenated alkanes) is 1. The van der Waals surface area contributed by atoms with Gasteiger partial charge in [-0.25, -0.2) is 0 Å². The van der Waals surface area contributed by atoms with Crippen molar-refractivity contribution < 1.29 is 9.15 Å². The van der Waals surface area contributed by atoms with Crippen LogP contribution < -0.4 is 5.32 Å². The Kier molecular flexibility index (Phi) is 8.06. The van der Waals surface area contributed by atoms with Crippen molar-refractivity contribution in [2.45, 2.75) is 26.7 Å². The van der Waals surface area contributed by atoms with E-state index in [0.29, 0.717) is 11.9 Å². The quantitative estimate of drug-likeness (QED) is 0.528. The first-order valence-electron chi connectivity index (χ1n) is 10.6. The fourth-order valence-electron chi connectivity index (χ4n) is 3.94. The second kappa shape index (κ2) is 10.7. The molecule has 0 spiro atoms. The summed E-state index contributed by atoms with van der Waals surface area (Å²) < 4.78 is 13.2. The van der Waals surface area contributed by atoms with Gasteiger partial charge in [0.1, 0.15) is 0 Å². The summed E-state index contributed by atoms with van der Waals surface area (Å²) in [5, 5.41) is 16.3. The highest BCUT2D eigenvalue weighted by atomic mass is 35.5. The van der Waals surface area contributed by atoms with Crippen LogP contribution >= 0.6 is 12.4 Å². The molecule has 1 aromatic carbocycles. The molecule has 1 aliphatic rings. The predicted molar refractivity (Wildman–Crippen MR) is 124 cm³/mol. The third kappa shape index (κ3) is 5.44. The standard InChI is InChI=1S/C22H30N6O2.ClH/c1-16-20(17(2)27(3)26-16)18-8-4-5-9-19(18)21-24-25-22(30-21)23-10-6-7-11-28-12-14-29-15-13-28;/h4-5,8-9H,6-7,10-15H2,1-3H3,(H,23,25);1H. The van der Waals surface area contributed by atoms with E-state index in [1.165, 1.54) is 0 Å². The number of halogens is 1. The van der Waals surface area contributed by atoms with Gasteiger partial charge in [-0.1, -0.05) is 23.3 Å². The van der Waals surface area contributed by atoms with E-state index in [2.05, 4.69) is 38.5 Å². The molecule has 9 heteroatoms.